The lowest BCUT2D eigenvalue weighted by Gasteiger charge is -2.33. The van der Waals surface area contributed by atoms with E-state index in [-0.39, 0.29) is 43.2 Å². The number of alkyl halides is 3. The number of carbonyl (C=O) groups excluding carboxylic acids is 1. The van der Waals surface area contributed by atoms with Gasteiger partial charge in [0.25, 0.3) is 0 Å². The van der Waals surface area contributed by atoms with Gasteiger partial charge in [-0.15, -0.1) is 0 Å². The number of halogens is 3. The van der Waals surface area contributed by atoms with Gasteiger partial charge in [0.2, 0.25) is 5.91 Å². The number of aliphatic hydroxyl groups is 1. The van der Waals surface area contributed by atoms with Crippen LogP contribution in [0.4, 0.5) is 13.2 Å². The minimum absolute atomic E-state index is 0.0487. The van der Waals surface area contributed by atoms with Crippen LogP contribution in [0.2, 0.25) is 0 Å². The van der Waals surface area contributed by atoms with E-state index >= 15 is 0 Å². The largest absolute Gasteiger partial charge is 0.394 e. The van der Waals surface area contributed by atoms with Crippen molar-refractivity contribution in [1.82, 2.24) is 4.90 Å². The molecule has 2 fully saturated rings. The Morgan fingerprint density at radius 2 is 1.80 bits per heavy atom. The molecule has 1 saturated heterocycles. The molecule has 0 bridgehead atoms. The highest BCUT2D eigenvalue weighted by molar-refractivity contribution is 5.79. The van der Waals surface area contributed by atoms with Crippen LogP contribution >= 0.6 is 0 Å². The molecule has 2 atom stereocenters. The molecule has 116 valence electrons. The van der Waals surface area contributed by atoms with Crippen LogP contribution in [0.1, 0.15) is 39.0 Å². The second-order valence-corrected chi connectivity index (χ2v) is 6.14. The molecule has 3 nitrogen and oxygen atoms in total. The average molecular weight is 293 g/mol. The van der Waals surface area contributed by atoms with E-state index in [2.05, 4.69) is 0 Å². The van der Waals surface area contributed by atoms with E-state index in [1.165, 1.54) is 0 Å². The molecule has 0 aromatic heterocycles. The van der Waals surface area contributed by atoms with Gasteiger partial charge in [-0.3, -0.25) is 4.79 Å². The van der Waals surface area contributed by atoms with Crippen molar-refractivity contribution in [1.29, 1.82) is 0 Å². The van der Waals surface area contributed by atoms with E-state index in [1.54, 1.807) is 4.90 Å². The number of likely N-dealkylation sites (tertiary alicyclic amines) is 1. The molecule has 0 aromatic rings. The molecule has 0 radical (unpaired) electrons. The van der Waals surface area contributed by atoms with Crippen LogP contribution in [0, 0.1) is 17.8 Å². The third kappa shape index (κ3) is 3.10. The van der Waals surface area contributed by atoms with Crippen molar-refractivity contribution in [2.24, 2.45) is 17.8 Å². The first-order valence-corrected chi connectivity index (χ1v) is 7.32. The summed E-state index contributed by atoms with van der Waals surface area (Å²) in [5, 5.41) is 9.36. The van der Waals surface area contributed by atoms with E-state index in [0.29, 0.717) is 19.4 Å². The lowest BCUT2D eigenvalue weighted by Crippen LogP contribution is -2.44. The molecular formula is C14H22F3NO2. The summed E-state index contributed by atoms with van der Waals surface area (Å²) in [6.45, 7) is 2.55. The van der Waals surface area contributed by atoms with E-state index in [9.17, 15) is 23.1 Å². The Bertz CT molecular complexity index is 351. The Hall–Kier alpha value is -0.780. The van der Waals surface area contributed by atoms with E-state index < -0.39 is 12.1 Å². The van der Waals surface area contributed by atoms with Gasteiger partial charge in [0, 0.05) is 12.5 Å². The Morgan fingerprint density at radius 1 is 1.20 bits per heavy atom. The van der Waals surface area contributed by atoms with Gasteiger partial charge in [0.15, 0.2) is 0 Å². The Balaban J connectivity index is 1.92. The summed E-state index contributed by atoms with van der Waals surface area (Å²) in [7, 11) is 0. The molecule has 1 aliphatic heterocycles. The summed E-state index contributed by atoms with van der Waals surface area (Å²) >= 11 is 0. The fourth-order valence-corrected chi connectivity index (χ4v) is 3.46. The first-order valence-electron chi connectivity index (χ1n) is 7.32. The topological polar surface area (TPSA) is 40.5 Å². The van der Waals surface area contributed by atoms with Crippen LogP contribution in [0.25, 0.3) is 0 Å². The fourth-order valence-electron chi connectivity index (χ4n) is 3.46. The lowest BCUT2D eigenvalue weighted by atomic mass is 9.81. The monoisotopic (exact) mass is 293 g/mol. The van der Waals surface area contributed by atoms with Crippen LogP contribution in [0.15, 0.2) is 0 Å². The first-order chi connectivity index (χ1) is 9.34. The quantitative estimate of drug-likeness (QED) is 0.850. The molecule has 1 heterocycles. The molecular weight excluding hydrogens is 271 g/mol. The second kappa shape index (κ2) is 5.92. The maximum absolute atomic E-state index is 12.6. The molecule has 2 aliphatic rings. The molecule has 6 heteroatoms. The summed E-state index contributed by atoms with van der Waals surface area (Å²) in [6, 6.07) is -0.164. The van der Waals surface area contributed by atoms with E-state index in [1.807, 2.05) is 6.92 Å². The average Bonchev–Trinajstić information content (AvgIpc) is 2.78. The summed E-state index contributed by atoms with van der Waals surface area (Å²) < 4.78 is 37.8. The standard InChI is InChI=1S/C14H22F3NO2/c1-9-6-7-18(12(9)8-19)13(20)10-2-4-11(5-3-10)14(15,16)17/h9-12,19H,2-8H2,1H3. The second-order valence-electron chi connectivity index (χ2n) is 6.14. The third-order valence-corrected chi connectivity index (χ3v) is 4.89. The number of rotatable bonds is 2. The zero-order valence-corrected chi connectivity index (χ0v) is 11.7. The number of aliphatic hydroxyl groups excluding tert-OH is 1. The SMILES string of the molecule is CC1CCN(C(=O)C2CCC(C(F)(F)F)CC2)C1CO. The number of hydrogen-bond acceptors (Lipinski definition) is 2. The zero-order valence-electron chi connectivity index (χ0n) is 11.7. The van der Waals surface area contributed by atoms with Crippen molar-refractivity contribution in [2.45, 2.75) is 51.2 Å². The molecule has 2 unspecified atom stereocenters. The van der Waals surface area contributed by atoms with Gasteiger partial charge >= 0.3 is 6.18 Å². The third-order valence-electron chi connectivity index (χ3n) is 4.89. The molecule has 0 aromatic carbocycles. The lowest BCUT2D eigenvalue weighted by molar-refractivity contribution is -0.185. The van der Waals surface area contributed by atoms with Crippen molar-refractivity contribution in [3.05, 3.63) is 0 Å². The Labute approximate surface area is 117 Å². The van der Waals surface area contributed by atoms with Crippen LogP contribution in [0.3, 0.4) is 0 Å². The molecule has 1 N–H and O–H groups in total. The summed E-state index contributed by atoms with van der Waals surface area (Å²) in [4.78, 5) is 14.1. The highest BCUT2D eigenvalue weighted by Crippen LogP contribution is 2.40. The number of nitrogens with zero attached hydrogens (tertiary/aromatic N) is 1. The predicted octanol–water partition coefficient (Wildman–Crippen LogP) is 2.58. The van der Waals surface area contributed by atoms with Gasteiger partial charge in [-0.2, -0.15) is 13.2 Å². The van der Waals surface area contributed by atoms with E-state index in [0.717, 1.165) is 6.42 Å². The summed E-state index contributed by atoms with van der Waals surface area (Å²) in [6.07, 6.45) is -2.56. The predicted molar refractivity (Wildman–Crippen MR) is 67.9 cm³/mol. The fraction of sp³-hybridized carbons (Fsp3) is 0.929. The van der Waals surface area contributed by atoms with Gasteiger partial charge in [-0.1, -0.05) is 6.92 Å². The number of carbonyl (C=O) groups is 1. The molecule has 2 rings (SSSR count). The Kier molecular flexibility index (Phi) is 4.62. The van der Waals surface area contributed by atoms with Crippen LogP contribution in [0.5, 0.6) is 0 Å². The van der Waals surface area contributed by atoms with Gasteiger partial charge in [0.05, 0.1) is 18.6 Å². The number of amides is 1. The van der Waals surface area contributed by atoms with Crippen molar-refractivity contribution < 1.29 is 23.1 Å². The van der Waals surface area contributed by atoms with Crippen molar-refractivity contribution in [3.8, 4) is 0 Å². The molecule has 1 saturated carbocycles. The molecule has 20 heavy (non-hydrogen) atoms. The zero-order chi connectivity index (χ0) is 14.9. The molecule has 1 amide bonds. The highest BCUT2D eigenvalue weighted by atomic mass is 19.4. The van der Waals surface area contributed by atoms with Crippen molar-refractivity contribution in [3.63, 3.8) is 0 Å². The van der Waals surface area contributed by atoms with Gasteiger partial charge in [-0.05, 0) is 38.0 Å². The minimum atomic E-state index is -4.14. The summed E-state index contributed by atoms with van der Waals surface area (Å²) in [5.41, 5.74) is 0. The minimum Gasteiger partial charge on any atom is -0.394 e. The van der Waals surface area contributed by atoms with Crippen molar-refractivity contribution in [2.75, 3.05) is 13.2 Å². The van der Waals surface area contributed by atoms with Gasteiger partial charge in [0.1, 0.15) is 0 Å². The molecule has 1 aliphatic carbocycles. The van der Waals surface area contributed by atoms with Crippen LogP contribution < -0.4 is 0 Å². The maximum Gasteiger partial charge on any atom is 0.391 e. The summed E-state index contributed by atoms with van der Waals surface area (Å²) in [5.74, 6) is -1.35. The maximum atomic E-state index is 12.6. The number of hydrogen-bond donors (Lipinski definition) is 1. The first kappa shape index (κ1) is 15.6. The van der Waals surface area contributed by atoms with Crippen molar-refractivity contribution >= 4 is 5.91 Å². The van der Waals surface area contributed by atoms with Gasteiger partial charge < -0.3 is 10.0 Å². The Morgan fingerprint density at radius 3 is 2.30 bits per heavy atom. The van der Waals surface area contributed by atoms with E-state index in [4.69, 9.17) is 0 Å². The van der Waals surface area contributed by atoms with Crippen LogP contribution in [-0.4, -0.2) is 41.3 Å². The van der Waals surface area contributed by atoms with Crippen LogP contribution in [-0.2, 0) is 4.79 Å². The highest BCUT2D eigenvalue weighted by Gasteiger charge is 2.44. The molecule has 0 spiro atoms. The normalized spacial score (nSPS) is 35.4. The van der Waals surface area contributed by atoms with Gasteiger partial charge in [-0.25, -0.2) is 0 Å². The smallest absolute Gasteiger partial charge is 0.391 e.